The van der Waals surface area contributed by atoms with Crippen LogP contribution in [-0.2, 0) is 4.79 Å². The average molecular weight is 395 g/mol. The molecule has 1 heteroatoms. The highest BCUT2D eigenvalue weighted by atomic mass is 16.1. The summed E-state index contributed by atoms with van der Waals surface area (Å²) < 4.78 is 0. The Morgan fingerprint density at radius 3 is 2.48 bits per heavy atom. The molecular formula is C28H42O. The second-order valence-corrected chi connectivity index (χ2v) is 11.7. The van der Waals surface area contributed by atoms with Gasteiger partial charge in [-0.15, -0.1) is 0 Å². The van der Waals surface area contributed by atoms with Gasteiger partial charge in [-0.05, 0) is 96.0 Å². The van der Waals surface area contributed by atoms with Gasteiger partial charge in [0.05, 0.1) is 0 Å². The maximum Gasteiger partial charge on any atom is 0.156 e. The van der Waals surface area contributed by atoms with Crippen molar-refractivity contribution in [2.24, 2.45) is 52.3 Å². The molecule has 0 bridgehead atoms. The van der Waals surface area contributed by atoms with Gasteiger partial charge in [0.25, 0.3) is 0 Å². The zero-order chi connectivity index (χ0) is 21.0. The lowest BCUT2D eigenvalue weighted by molar-refractivity contribution is -0.116. The molecule has 0 radical (unpaired) electrons. The predicted molar refractivity (Wildman–Crippen MR) is 122 cm³/mol. The lowest BCUT2D eigenvalue weighted by Gasteiger charge is -2.56. The van der Waals surface area contributed by atoms with Gasteiger partial charge in [0, 0.05) is 6.42 Å². The number of carbonyl (C=O) groups excluding carboxylic acids is 1. The summed E-state index contributed by atoms with van der Waals surface area (Å²) in [6, 6.07) is 0. The minimum Gasteiger partial charge on any atom is -0.295 e. The molecule has 1 nitrogen and oxygen atoms in total. The van der Waals surface area contributed by atoms with Crippen molar-refractivity contribution < 1.29 is 4.79 Å². The van der Waals surface area contributed by atoms with E-state index < -0.39 is 0 Å². The lowest BCUT2D eigenvalue weighted by Crippen LogP contribution is -2.49. The molecule has 160 valence electrons. The highest BCUT2D eigenvalue weighted by Crippen LogP contribution is 2.66. The van der Waals surface area contributed by atoms with Crippen LogP contribution in [0.1, 0.15) is 80.1 Å². The van der Waals surface area contributed by atoms with E-state index in [1.165, 1.54) is 31.3 Å². The fourth-order valence-corrected chi connectivity index (χ4v) is 7.61. The molecule has 0 amide bonds. The van der Waals surface area contributed by atoms with Gasteiger partial charge in [-0.3, -0.25) is 4.79 Å². The van der Waals surface area contributed by atoms with Crippen molar-refractivity contribution in [2.75, 3.05) is 0 Å². The van der Waals surface area contributed by atoms with Crippen LogP contribution in [0.25, 0.3) is 0 Å². The number of carbonyl (C=O) groups is 1. The molecule has 0 aromatic rings. The van der Waals surface area contributed by atoms with E-state index in [2.05, 4.69) is 65.8 Å². The first-order chi connectivity index (χ1) is 13.7. The maximum absolute atomic E-state index is 12.0. The van der Waals surface area contributed by atoms with Gasteiger partial charge in [0.1, 0.15) is 0 Å². The average Bonchev–Trinajstić information content (AvgIpc) is 3.03. The number of hydrogen-bond donors (Lipinski definition) is 0. The summed E-state index contributed by atoms with van der Waals surface area (Å²) >= 11 is 0. The van der Waals surface area contributed by atoms with E-state index in [0.717, 1.165) is 36.5 Å². The third-order valence-corrected chi connectivity index (χ3v) is 9.99. The van der Waals surface area contributed by atoms with Crippen LogP contribution in [0.2, 0.25) is 0 Å². The van der Waals surface area contributed by atoms with Crippen LogP contribution in [0.5, 0.6) is 0 Å². The molecule has 0 heterocycles. The van der Waals surface area contributed by atoms with Crippen molar-refractivity contribution in [2.45, 2.75) is 80.1 Å². The number of ketones is 1. The summed E-state index contributed by atoms with van der Waals surface area (Å²) in [6.07, 6.45) is 19.1. The normalized spacial score (nSPS) is 43.7. The second kappa shape index (κ2) is 7.54. The lowest BCUT2D eigenvalue weighted by atomic mass is 9.48. The molecular weight excluding hydrogens is 352 g/mol. The second-order valence-electron chi connectivity index (χ2n) is 11.7. The Morgan fingerprint density at radius 2 is 1.76 bits per heavy atom. The van der Waals surface area contributed by atoms with Crippen LogP contribution in [0.3, 0.4) is 0 Å². The van der Waals surface area contributed by atoms with E-state index in [4.69, 9.17) is 0 Å². The molecule has 8 atom stereocenters. The molecule has 5 unspecified atom stereocenters. The molecule has 0 saturated heterocycles. The fourth-order valence-electron chi connectivity index (χ4n) is 7.61. The molecule has 0 spiro atoms. The van der Waals surface area contributed by atoms with E-state index in [1.807, 2.05) is 6.08 Å². The van der Waals surface area contributed by atoms with Crippen LogP contribution >= 0.6 is 0 Å². The van der Waals surface area contributed by atoms with E-state index in [9.17, 15) is 4.79 Å². The van der Waals surface area contributed by atoms with Crippen LogP contribution in [0.4, 0.5) is 0 Å². The number of fused-ring (bicyclic) bond motifs is 5. The first-order valence-corrected chi connectivity index (χ1v) is 12.3. The monoisotopic (exact) mass is 394 g/mol. The molecule has 29 heavy (non-hydrogen) atoms. The summed E-state index contributed by atoms with van der Waals surface area (Å²) in [4.78, 5) is 12.0. The summed E-state index contributed by atoms with van der Waals surface area (Å²) in [5, 5.41) is 0. The first kappa shape index (κ1) is 21.1. The number of hydrogen-bond acceptors (Lipinski definition) is 1. The standard InChI is InChI=1S/C28H42O/c1-18(2)19(3)7-8-20(4)24-11-12-25-23-10-9-21-17-22(29)13-15-27(21,5)26(23)14-16-28(24,25)6/h7-10,17-20,23-26H,11-16H2,1-6H3/b8-7+/t19?,20?,23?,24-,25?,26?,27+,28-/m1/s1. The third kappa shape index (κ3) is 3.41. The van der Waals surface area contributed by atoms with Crippen LogP contribution in [-0.4, -0.2) is 5.78 Å². The predicted octanol–water partition coefficient (Wildman–Crippen LogP) is 7.39. The molecule has 2 saturated carbocycles. The fraction of sp³-hybridized carbons (Fsp3) is 0.750. The summed E-state index contributed by atoms with van der Waals surface area (Å²) in [7, 11) is 0. The Balaban J connectivity index is 1.57. The molecule has 0 N–H and O–H groups in total. The van der Waals surface area contributed by atoms with Gasteiger partial charge in [-0.2, -0.15) is 0 Å². The maximum atomic E-state index is 12.0. The molecule has 4 aliphatic carbocycles. The van der Waals surface area contributed by atoms with Crippen molar-refractivity contribution in [1.29, 1.82) is 0 Å². The van der Waals surface area contributed by atoms with E-state index in [-0.39, 0.29) is 5.41 Å². The van der Waals surface area contributed by atoms with Gasteiger partial charge in [-0.25, -0.2) is 0 Å². The van der Waals surface area contributed by atoms with Crippen molar-refractivity contribution in [1.82, 2.24) is 0 Å². The smallest absolute Gasteiger partial charge is 0.156 e. The van der Waals surface area contributed by atoms with Crippen molar-refractivity contribution in [3.8, 4) is 0 Å². The Hall–Kier alpha value is -1.11. The van der Waals surface area contributed by atoms with Crippen molar-refractivity contribution >= 4 is 5.78 Å². The van der Waals surface area contributed by atoms with Crippen LogP contribution < -0.4 is 0 Å². The largest absolute Gasteiger partial charge is 0.295 e. The van der Waals surface area contributed by atoms with Crippen molar-refractivity contribution in [3.63, 3.8) is 0 Å². The zero-order valence-electron chi connectivity index (χ0n) is 19.6. The minimum atomic E-state index is 0.227. The highest BCUT2D eigenvalue weighted by Gasteiger charge is 2.58. The van der Waals surface area contributed by atoms with Gasteiger partial charge < -0.3 is 0 Å². The van der Waals surface area contributed by atoms with Crippen LogP contribution in [0, 0.1) is 52.3 Å². The zero-order valence-corrected chi connectivity index (χ0v) is 19.6. The Kier molecular flexibility index (Phi) is 5.50. The Morgan fingerprint density at radius 1 is 1.00 bits per heavy atom. The Labute approximate surface area is 179 Å². The molecule has 4 rings (SSSR count). The molecule has 2 fully saturated rings. The van der Waals surface area contributed by atoms with E-state index in [0.29, 0.717) is 29.0 Å². The first-order valence-electron chi connectivity index (χ1n) is 12.3. The Bertz CT molecular complexity index is 739. The highest BCUT2D eigenvalue weighted by molar-refractivity contribution is 5.92. The van der Waals surface area contributed by atoms with Gasteiger partial charge in [0.2, 0.25) is 0 Å². The van der Waals surface area contributed by atoms with Crippen molar-refractivity contribution in [3.05, 3.63) is 36.0 Å². The quantitative estimate of drug-likeness (QED) is 0.454. The topological polar surface area (TPSA) is 17.1 Å². The summed E-state index contributed by atoms with van der Waals surface area (Å²) in [6.45, 7) is 14.6. The van der Waals surface area contributed by atoms with Crippen LogP contribution in [0.15, 0.2) is 36.0 Å². The van der Waals surface area contributed by atoms with E-state index in [1.54, 1.807) is 0 Å². The minimum absolute atomic E-state index is 0.227. The van der Waals surface area contributed by atoms with Gasteiger partial charge in [0.15, 0.2) is 5.78 Å². The summed E-state index contributed by atoms with van der Waals surface area (Å²) in [5.41, 5.74) is 2.02. The molecule has 0 aliphatic heterocycles. The molecule has 0 aromatic carbocycles. The number of rotatable bonds is 4. The van der Waals surface area contributed by atoms with Gasteiger partial charge in [-0.1, -0.05) is 65.8 Å². The molecule has 4 aliphatic rings. The third-order valence-electron chi connectivity index (χ3n) is 9.99. The summed E-state index contributed by atoms with van der Waals surface area (Å²) in [5.74, 6) is 5.46. The molecule has 0 aromatic heterocycles. The number of allylic oxidation sites excluding steroid dienone is 6. The SMILES string of the molecule is CC(C)C(C)/C=C/C(C)[C@H]1CCC2C3C=CC4=CC(=O)CC[C@]4(C)C3CC[C@@]21C. The van der Waals surface area contributed by atoms with E-state index >= 15 is 0 Å². The van der Waals surface area contributed by atoms with Gasteiger partial charge >= 0.3 is 0 Å².